The molecule has 2 rings (SSSR count). The molecule has 1 aliphatic carbocycles. The van der Waals surface area contributed by atoms with E-state index in [4.69, 9.17) is 0 Å². The van der Waals surface area contributed by atoms with Crippen LogP contribution in [0.4, 0.5) is 0 Å². The predicted molar refractivity (Wildman–Crippen MR) is 73.1 cm³/mol. The van der Waals surface area contributed by atoms with Crippen molar-refractivity contribution in [3.8, 4) is 0 Å². The first-order chi connectivity index (χ1) is 9.56. The van der Waals surface area contributed by atoms with E-state index in [1.165, 1.54) is 19.3 Å². The maximum Gasteiger partial charge on any atom is 0.326 e. The Morgan fingerprint density at radius 1 is 1.55 bits per heavy atom. The summed E-state index contributed by atoms with van der Waals surface area (Å²) < 4.78 is 1.76. The number of rotatable bonds is 7. The molecule has 1 aromatic heterocycles. The second-order valence-electron chi connectivity index (χ2n) is 5.45. The van der Waals surface area contributed by atoms with Gasteiger partial charge in [-0.2, -0.15) is 0 Å². The SMILES string of the molecule is Cn1ccnc1CC(NC(=O)CCC1CCC1)C(=O)O. The van der Waals surface area contributed by atoms with Gasteiger partial charge in [-0.05, 0) is 12.3 Å². The van der Waals surface area contributed by atoms with Crippen molar-refractivity contribution < 1.29 is 14.7 Å². The Balaban J connectivity index is 1.83. The Labute approximate surface area is 118 Å². The summed E-state index contributed by atoms with van der Waals surface area (Å²) in [5.41, 5.74) is 0. The number of carbonyl (C=O) groups excluding carboxylic acids is 1. The molecule has 0 radical (unpaired) electrons. The molecule has 1 aliphatic rings. The van der Waals surface area contributed by atoms with Crippen LogP contribution in [0.25, 0.3) is 0 Å². The molecule has 0 aromatic carbocycles. The molecular formula is C14H21N3O3. The Morgan fingerprint density at radius 3 is 2.80 bits per heavy atom. The lowest BCUT2D eigenvalue weighted by Crippen LogP contribution is -2.42. The van der Waals surface area contributed by atoms with Crippen LogP contribution in [-0.4, -0.2) is 32.6 Å². The molecule has 6 heteroatoms. The maximum absolute atomic E-state index is 11.8. The number of imidazole rings is 1. The topological polar surface area (TPSA) is 84.2 Å². The van der Waals surface area contributed by atoms with Crippen LogP contribution in [0.1, 0.15) is 37.9 Å². The fourth-order valence-electron chi connectivity index (χ4n) is 2.36. The van der Waals surface area contributed by atoms with Gasteiger partial charge in [-0.1, -0.05) is 19.3 Å². The summed E-state index contributed by atoms with van der Waals surface area (Å²) in [5, 5.41) is 11.8. The molecule has 1 amide bonds. The van der Waals surface area contributed by atoms with E-state index in [9.17, 15) is 14.7 Å². The van der Waals surface area contributed by atoms with Gasteiger partial charge in [-0.3, -0.25) is 4.79 Å². The third-order valence-electron chi connectivity index (χ3n) is 3.95. The monoisotopic (exact) mass is 279 g/mol. The number of aryl methyl sites for hydroxylation is 1. The van der Waals surface area contributed by atoms with Crippen LogP contribution in [-0.2, 0) is 23.1 Å². The molecule has 1 saturated carbocycles. The standard InChI is InChI=1S/C14H21N3O3/c1-17-8-7-15-12(17)9-11(14(19)20)16-13(18)6-5-10-3-2-4-10/h7-8,10-11H,2-6,9H2,1H3,(H,16,18)(H,19,20). The highest BCUT2D eigenvalue weighted by molar-refractivity contribution is 5.83. The average molecular weight is 279 g/mol. The molecule has 2 N–H and O–H groups in total. The fourth-order valence-corrected chi connectivity index (χ4v) is 2.36. The summed E-state index contributed by atoms with van der Waals surface area (Å²) in [6.07, 6.45) is 8.50. The van der Waals surface area contributed by atoms with Gasteiger partial charge < -0.3 is 15.0 Å². The largest absolute Gasteiger partial charge is 0.480 e. The highest BCUT2D eigenvalue weighted by atomic mass is 16.4. The fraction of sp³-hybridized carbons (Fsp3) is 0.643. The van der Waals surface area contributed by atoms with Crippen molar-refractivity contribution in [3.63, 3.8) is 0 Å². The Hall–Kier alpha value is -1.85. The second-order valence-corrected chi connectivity index (χ2v) is 5.45. The molecule has 110 valence electrons. The van der Waals surface area contributed by atoms with Gasteiger partial charge in [0.1, 0.15) is 11.9 Å². The average Bonchev–Trinajstić information content (AvgIpc) is 2.72. The van der Waals surface area contributed by atoms with Crippen molar-refractivity contribution in [1.29, 1.82) is 0 Å². The van der Waals surface area contributed by atoms with Crippen LogP contribution in [0.3, 0.4) is 0 Å². The maximum atomic E-state index is 11.8. The van der Waals surface area contributed by atoms with E-state index < -0.39 is 12.0 Å². The van der Waals surface area contributed by atoms with Crippen molar-refractivity contribution in [2.75, 3.05) is 0 Å². The van der Waals surface area contributed by atoms with Crippen molar-refractivity contribution in [2.45, 2.75) is 44.6 Å². The van der Waals surface area contributed by atoms with Gasteiger partial charge in [0.2, 0.25) is 5.91 Å². The number of nitrogens with one attached hydrogen (secondary N) is 1. The van der Waals surface area contributed by atoms with E-state index >= 15 is 0 Å². The molecule has 0 bridgehead atoms. The summed E-state index contributed by atoms with van der Waals surface area (Å²) in [6.45, 7) is 0. The zero-order valence-corrected chi connectivity index (χ0v) is 11.7. The lowest BCUT2D eigenvalue weighted by atomic mass is 9.82. The highest BCUT2D eigenvalue weighted by Gasteiger charge is 2.23. The molecule has 20 heavy (non-hydrogen) atoms. The Morgan fingerprint density at radius 2 is 2.30 bits per heavy atom. The third kappa shape index (κ3) is 3.82. The second kappa shape index (κ2) is 6.54. The number of carboxylic acids is 1. The van der Waals surface area contributed by atoms with E-state index in [0.717, 1.165) is 6.42 Å². The molecule has 1 atom stereocenters. The third-order valence-corrected chi connectivity index (χ3v) is 3.95. The van der Waals surface area contributed by atoms with Gasteiger partial charge in [0.15, 0.2) is 0 Å². The van der Waals surface area contributed by atoms with Gasteiger partial charge in [-0.25, -0.2) is 9.78 Å². The smallest absolute Gasteiger partial charge is 0.326 e. The molecule has 0 aliphatic heterocycles. The summed E-state index contributed by atoms with van der Waals surface area (Å²) in [6, 6.07) is -0.912. The highest BCUT2D eigenvalue weighted by Crippen LogP contribution is 2.30. The molecular weight excluding hydrogens is 258 g/mol. The van der Waals surface area contributed by atoms with Crippen LogP contribution in [0.2, 0.25) is 0 Å². The minimum absolute atomic E-state index is 0.182. The van der Waals surface area contributed by atoms with E-state index in [2.05, 4.69) is 10.3 Å². The molecule has 1 heterocycles. The summed E-state index contributed by atoms with van der Waals surface area (Å²) in [4.78, 5) is 27.1. The van der Waals surface area contributed by atoms with E-state index in [1.807, 2.05) is 0 Å². The molecule has 6 nitrogen and oxygen atoms in total. The van der Waals surface area contributed by atoms with Gasteiger partial charge in [0.05, 0.1) is 0 Å². The lowest BCUT2D eigenvalue weighted by molar-refractivity contribution is -0.141. The minimum atomic E-state index is -1.02. The van der Waals surface area contributed by atoms with Gasteiger partial charge >= 0.3 is 5.97 Å². The van der Waals surface area contributed by atoms with Crippen LogP contribution >= 0.6 is 0 Å². The molecule has 1 aromatic rings. The Bertz CT molecular complexity index is 480. The summed E-state index contributed by atoms with van der Waals surface area (Å²) in [5.74, 6) is 0.0961. The zero-order chi connectivity index (χ0) is 14.5. The molecule has 1 fully saturated rings. The minimum Gasteiger partial charge on any atom is -0.480 e. The van der Waals surface area contributed by atoms with E-state index in [0.29, 0.717) is 18.2 Å². The number of carboxylic acid groups (broad SMARTS) is 1. The molecule has 1 unspecified atom stereocenters. The number of aromatic nitrogens is 2. The van der Waals surface area contributed by atoms with Crippen molar-refractivity contribution in [3.05, 3.63) is 18.2 Å². The molecule has 0 saturated heterocycles. The first-order valence-electron chi connectivity index (χ1n) is 7.04. The molecule has 0 spiro atoms. The number of nitrogens with zero attached hydrogens (tertiary/aromatic N) is 2. The van der Waals surface area contributed by atoms with E-state index in [1.54, 1.807) is 24.0 Å². The van der Waals surface area contributed by atoms with Gasteiger partial charge in [0.25, 0.3) is 0 Å². The first-order valence-corrected chi connectivity index (χ1v) is 7.04. The number of hydrogen-bond donors (Lipinski definition) is 2. The van der Waals surface area contributed by atoms with Crippen molar-refractivity contribution in [2.24, 2.45) is 13.0 Å². The number of amides is 1. The summed E-state index contributed by atoms with van der Waals surface area (Å²) >= 11 is 0. The van der Waals surface area contributed by atoms with Crippen molar-refractivity contribution >= 4 is 11.9 Å². The summed E-state index contributed by atoms with van der Waals surface area (Å²) in [7, 11) is 1.81. The van der Waals surface area contributed by atoms with Crippen molar-refractivity contribution in [1.82, 2.24) is 14.9 Å². The van der Waals surface area contributed by atoms with Gasteiger partial charge in [-0.15, -0.1) is 0 Å². The number of hydrogen-bond acceptors (Lipinski definition) is 3. The lowest BCUT2D eigenvalue weighted by Gasteiger charge is -2.25. The van der Waals surface area contributed by atoms with Crippen LogP contribution in [0.15, 0.2) is 12.4 Å². The predicted octanol–water partition coefficient (Wildman–Crippen LogP) is 1.11. The van der Waals surface area contributed by atoms with Crippen LogP contribution < -0.4 is 5.32 Å². The first kappa shape index (κ1) is 14.6. The normalized spacial score (nSPS) is 16.4. The van der Waals surface area contributed by atoms with Crippen LogP contribution in [0.5, 0.6) is 0 Å². The van der Waals surface area contributed by atoms with Gasteiger partial charge in [0, 0.05) is 32.3 Å². The van der Waals surface area contributed by atoms with E-state index in [-0.39, 0.29) is 12.3 Å². The number of carbonyl (C=O) groups is 2. The quantitative estimate of drug-likeness (QED) is 0.783. The number of aliphatic carboxylic acids is 1. The zero-order valence-electron chi connectivity index (χ0n) is 11.7. The Kier molecular flexibility index (Phi) is 4.76. The van der Waals surface area contributed by atoms with Crippen LogP contribution in [0, 0.1) is 5.92 Å².